The van der Waals surface area contributed by atoms with Crippen molar-refractivity contribution in [2.45, 2.75) is 95.7 Å². The number of hydrogen-bond acceptors (Lipinski definition) is 4. The largest absolute Gasteiger partial charge is 0.435 e. The molecule has 3 fully saturated rings. The van der Waals surface area contributed by atoms with Gasteiger partial charge in [0.15, 0.2) is 8.32 Å². The lowest BCUT2D eigenvalue weighted by Gasteiger charge is -2.52. The zero-order chi connectivity index (χ0) is 18.0. The lowest BCUT2D eigenvalue weighted by atomic mass is 9.61. The van der Waals surface area contributed by atoms with E-state index in [0.29, 0.717) is 24.5 Å². The zero-order valence-electron chi connectivity index (χ0n) is 16.3. The Morgan fingerprint density at radius 3 is 2.72 bits per heavy atom. The Kier molecular flexibility index (Phi) is 4.02. The van der Waals surface area contributed by atoms with Crippen molar-refractivity contribution in [3.05, 3.63) is 11.8 Å². The molecule has 0 N–H and O–H groups in total. The Bertz CT molecular complexity index is 605. The Morgan fingerprint density at radius 2 is 2.00 bits per heavy atom. The van der Waals surface area contributed by atoms with Crippen LogP contribution in [-0.4, -0.2) is 32.6 Å². The van der Waals surface area contributed by atoms with Crippen LogP contribution in [0.15, 0.2) is 11.8 Å². The first-order valence-electron chi connectivity index (χ1n) is 9.85. The van der Waals surface area contributed by atoms with Gasteiger partial charge in [0, 0.05) is 11.8 Å². The van der Waals surface area contributed by atoms with E-state index < -0.39 is 8.32 Å². The molecule has 0 unspecified atom stereocenters. The number of fused-ring (bicyclic) bond motifs is 2. The highest BCUT2D eigenvalue weighted by Gasteiger charge is 2.60. The molecule has 4 rings (SSSR count). The Hall–Kier alpha value is -0.653. The minimum Gasteiger partial charge on any atom is -0.435 e. The van der Waals surface area contributed by atoms with Gasteiger partial charge in [-0.2, -0.15) is 0 Å². The molecule has 0 aromatic rings. The predicted octanol–water partition coefficient (Wildman–Crippen LogP) is 4.56. The Balaban J connectivity index is 1.74. The van der Waals surface area contributed by atoms with E-state index >= 15 is 0 Å². The van der Waals surface area contributed by atoms with Gasteiger partial charge in [0.05, 0.1) is 24.6 Å². The highest BCUT2D eigenvalue weighted by atomic mass is 28.4. The summed E-state index contributed by atoms with van der Waals surface area (Å²) in [5.74, 6) is 0.438. The molecule has 0 aromatic heterocycles. The third-order valence-corrected chi connectivity index (χ3v) is 12.0. The molecule has 2 heterocycles. The van der Waals surface area contributed by atoms with Gasteiger partial charge in [0.25, 0.3) is 0 Å². The zero-order valence-corrected chi connectivity index (χ0v) is 17.3. The number of ether oxygens (including phenoxy) is 2. The molecule has 2 bridgehead atoms. The van der Waals surface area contributed by atoms with Crippen molar-refractivity contribution in [2.24, 2.45) is 11.3 Å². The van der Waals surface area contributed by atoms with Crippen LogP contribution in [0.1, 0.15) is 59.3 Å². The summed E-state index contributed by atoms with van der Waals surface area (Å²) in [5.41, 5.74) is 1.23. The van der Waals surface area contributed by atoms with Crippen molar-refractivity contribution >= 4 is 14.3 Å². The van der Waals surface area contributed by atoms with Crippen molar-refractivity contribution in [3.8, 4) is 0 Å². The Labute approximate surface area is 152 Å². The number of rotatable bonds is 2. The van der Waals surface area contributed by atoms with Gasteiger partial charge in [0.2, 0.25) is 0 Å². The predicted molar refractivity (Wildman–Crippen MR) is 98.5 cm³/mol. The van der Waals surface area contributed by atoms with Crippen LogP contribution < -0.4 is 0 Å². The molecular weight excluding hydrogens is 332 g/mol. The van der Waals surface area contributed by atoms with E-state index in [9.17, 15) is 4.79 Å². The highest BCUT2D eigenvalue weighted by Crippen LogP contribution is 2.60. The van der Waals surface area contributed by atoms with E-state index in [2.05, 4.69) is 33.9 Å². The van der Waals surface area contributed by atoms with Gasteiger partial charge in [-0.25, -0.2) is 0 Å². The standard InChI is InChI=1S/C20H32O4Si/c1-19(2,3)25(4,5)24-18-13-6-7-14-12-22-17(21)8-9-20(14,18)11-16-15(10-13)23-16/h12-13,15-16,18H,6-11H2,1-5H3/t13-,15-,16+,18+,20-/m0/s1. The second kappa shape index (κ2) is 5.67. The fourth-order valence-corrected chi connectivity index (χ4v) is 6.30. The monoisotopic (exact) mass is 364 g/mol. The molecule has 140 valence electrons. The molecule has 0 aromatic carbocycles. The van der Waals surface area contributed by atoms with Crippen LogP contribution in [0.4, 0.5) is 0 Å². The van der Waals surface area contributed by atoms with Crippen LogP contribution in [0.5, 0.6) is 0 Å². The maximum Gasteiger partial charge on any atom is 0.310 e. The van der Waals surface area contributed by atoms with Crippen molar-refractivity contribution in [1.82, 2.24) is 0 Å². The van der Waals surface area contributed by atoms with Gasteiger partial charge < -0.3 is 13.9 Å². The molecule has 1 spiro atoms. The number of hydrogen-bond donors (Lipinski definition) is 0. The summed E-state index contributed by atoms with van der Waals surface area (Å²) in [6, 6.07) is 0. The molecule has 5 heteroatoms. The van der Waals surface area contributed by atoms with Gasteiger partial charge in [-0.05, 0) is 61.7 Å². The number of esters is 1. The van der Waals surface area contributed by atoms with E-state index in [4.69, 9.17) is 13.9 Å². The van der Waals surface area contributed by atoms with Crippen LogP contribution >= 0.6 is 0 Å². The normalized spacial score (nSPS) is 40.8. The molecule has 25 heavy (non-hydrogen) atoms. The van der Waals surface area contributed by atoms with Crippen LogP contribution in [0.3, 0.4) is 0 Å². The maximum absolute atomic E-state index is 12.0. The molecule has 4 aliphatic rings. The molecule has 0 amide bonds. The van der Waals surface area contributed by atoms with Crippen LogP contribution in [-0.2, 0) is 18.7 Å². The van der Waals surface area contributed by atoms with Crippen LogP contribution in [0.25, 0.3) is 0 Å². The van der Waals surface area contributed by atoms with Gasteiger partial charge in [0.1, 0.15) is 0 Å². The highest BCUT2D eigenvalue weighted by molar-refractivity contribution is 6.74. The molecule has 1 saturated heterocycles. The molecular formula is C20H32O4Si. The van der Waals surface area contributed by atoms with Crippen LogP contribution in [0, 0.1) is 11.3 Å². The maximum atomic E-state index is 12.0. The van der Waals surface area contributed by atoms with E-state index in [-0.39, 0.29) is 22.5 Å². The van der Waals surface area contributed by atoms with Gasteiger partial charge in [-0.15, -0.1) is 0 Å². The van der Waals surface area contributed by atoms with Crippen molar-refractivity contribution < 1.29 is 18.7 Å². The Morgan fingerprint density at radius 1 is 1.24 bits per heavy atom. The second-order valence-electron chi connectivity index (χ2n) is 10.0. The number of epoxide rings is 1. The number of carbonyl (C=O) groups excluding carboxylic acids is 1. The van der Waals surface area contributed by atoms with Gasteiger partial charge in [-0.3, -0.25) is 4.79 Å². The molecule has 0 radical (unpaired) electrons. The average Bonchev–Trinajstić information content (AvgIpc) is 3.26. The third-order valence-electron chi connectivity index (χ3n) is 7.52. The smallest absolute Gasteiger partial charge is 0.310 e. The third kappa shape index (κ3) is 2.92. The number of carbonyl (C=O) groups is 1. The van der Waals surface area contributed by atoms with E-state index in [0.717, 1.165) is 32.1 Å². The molecule has 4 nitrogen and oxygen atoms in total. The van der Waals surface area contributed by atoms with Gasteiger partial charge >= 0.3 is 5.97 Å². The number of cyclic esters (lactones) is 1. The van der Waals surface area contributed by atoms with Crippen molar-refractivity contribution in [1.29, 1.82) is 0 Å². The fourth-order valence-electron chi connectivity index (χ4n) is 4.89. The summed E-state index contributed by atoms with van der Waals surface area (Å²) in [6.07, 6.45) is 8.35. The fraction of sp³-hybridized carbons (Fsp3) is 0.850. The quantitative estimate of drug-likeness (QED) is 0.409. The molecule has 5 atom stereocenters. The first-order valence-corrected chi connectivity index (χ1v) is 12.8. The van der Waals surface area contributed by atoms with E-state index in [1.54, 1.807) is 6.26 Å². The van der Waals surface area contributed by atoms with Gasteiger partial charge in [-0.1, -0.05) is 20.8 Å². The first-order chi connectivity index (χ1) is 11.6. The SMILES string of the molecule is CC(C)(C)[Si](C)(C)O[C@@H]1[C@H]2CCC3=COC(=O)CC[C@]31C[C@H]1O[C@H]1C2. The molecule has 2 aliphatic carbocycles. The molecule has 2 aliphatic heterocycles. The van der Waals surface area contributed by atoms with Crippen molar-refractivity contribution in [2.75, 3.05) is 0 Å². The minimum atomic E-state index is -1.90. The topological polar surface area (TPSA) is 48.1 Å². The van der Waals surface area contributed by atoms with Crippen LogP contribution in [0.2, 0.25) is 18.1 Å². The van der Waals surface area contributed by atoms with Crippen molar-refractivity contribution in [3.63, 3.8) is 0 Å². The minimum absolute atomic E-state index is 0.0689. The lowest BCUT2D eigenvalue weighted by molar-refractivity contribution is -0.138. The van der Waals surface area contributed by atoms with E-state index in [1.165, 1.54) is 5.57 Å². The summed E-state index contributed by atoms with van der Waals surface area (Å²) < 4.78 is 18.4. The lowest BCUT2D eigenvalue weighted by Crippen LogP contribution is -2.54. The summed E-state index contributed by atoms with van der Waals surface area (Å²) in [6.45, 7) is 11.6. The summed E-state index contributed by atoms with van der Waals surface area (Å²) in [7, 11) is -1.90. The summed E-state index contributed by atoms with van der Waals surface area (Å²) in [4.78, 5) is 12.0. The average molecular weight is 365 g/mol. The van der Waals surface area contributed by atoms with E-state index in [1.807, 2.05) is 0 Å². The summed E-state index contributed by atoms with van der Waals surface area (Å²) >= 11 is 0. The second-order valence-corrected chi connectivity index (χ2v) is 14.8. The first kappa shape index (κ1) is 17.7. The molecule has 2 saturated carbocycles. The summed E-state index contributed by atoms with van der Waals surface area (Å²) in [5, 5.41) is 0.185.